The van der Waals surface area contributed by atoms with Crippen molar-refractivity contribution in [2.45, 2.75) is 6.92 Å². The highest BCUT2D eigenvalue weighted by atomic mass is 79.9. The van der Waals surface area contributed by atoms with Crippen molar-refractivity contribution in [3.63, 3.8) is 0 Å². The van der Waals surface area contributed by atoms with E-state index in [9.17, 15) is 0 Å². The molecule has 0 fully saturated rings. The molecule has 0 aliphatic heterocycles. The lowest BCUT2D eigenvalue weighted by molar-refractivity contribution is 0.340. The molecule has 0 spiro atoms. The third-order valence-corrected chi connectivity index (χ3v) is 1.26. The van der Waals surface area contributed by atoms with E-state index in [2.05, 4.69) is 15.9 Å². The van der Waals surface area contributed by atoms with Gasteiger partial charge in [-0.2, -0.15) is 0 Å². The van der Waals surface area contributed by atoms with Crippen LogP contribution < -0.4 is 4.74 Å². The fourth-order valence-corrected chi connectivity index (χ4v) is 0.701. The van der Waals surface area contributed by atoms with Crippen molar-refractivity contribution >= 4 is 15.9 Å². The normalized spacial score (nSPS) is 15.0. The Morgan fingerprint density at radius 2 is 2.10 bits per heavy atom. The van der Waals surface area contributed by atoms with Crippen LogP contribution in [0.15, 0.2) is 28.6 Å². The molecule has 1 aromatic carbocycles. The first-order valence-electron chi connectivity index (χ1n) is 4.89. The Balaban J connectivity index is 3.43. The summed E-state index contributed by atoms with van der Waals surface area (Å²) in [6.07, 6.45) is 0. The van der Waals surface area contributed by atoms with Crippen LogP contribution in [0.5, 0.6) is 5.75 Å². The van der Waals surface area contributed by atoms with E-state index in [1.165, 1.54) is 0 Å². The van der Waals surface area contributed by atoms with Gasteiger partial charge in [0.15, 0.2) is 0 Å². The number of benzene rings is 1. The molecule has 0 amide bonds. The highest BCUT2D eigenvalue weighted by molar-refractivity contribution is 9.10. The van der Waals surface area contributed by atoms with Crippen molar-refractivity contribution in [2.75, 3.05) is 6.61 Å². The first-order valence-corrected chi connectivity index (χ1v) is 3.68. The van der Waals surface area contributed by atoms with Crippen molar-refractivity contribution < 1.29 is 10.2 Å². The molecular formula is C8H9BrO. The minimum absolute atomic E-state index is 0.00528. The second-order valence-electron chi connectivity index (χ2n) is 1.58. The topological polar surface area (TPSA) is 9.23 Å². The molecule has 0 aliphatic rings. The lowest BCUT2D eigenvalue weighted by atomic mass is 10.3. The molecule has 0 unspecified atom stereocenters. The van der Waals surface area contributed by atoms with Gasteiger partial charge >= 0.3 is 0 Å². The zero-order valence-electron chi connectivity index (χ0n) is 9.49. The maximum absolute atomic E-state index is 7.53. The van der Waals surface area contributed by atoms with E-state index in [1.54, 1.807) is 6.92 Å². The first-order chi connectivity index (χ1) is 6.50. The third kappa shape index (κ3) is 2.03. The van der Waals surface area contributed by atoms with E-state index < -0.39 is 0 Å². The smallest absolute Gasteiger partial charge is 0.119 e. The molecule has 1 aromatic rings. The average Bonchev–Trinajstić information content (AvgIpc) is 2.19. The summed E-state index contributed by atoms with van der Waals surface area (Å²) in [7, 11) is 0. The quantitative estimate of drug-likeness (QED) is 0.721. The van der Waals surface area contributed by atoms with E-state index >= 15 is 0 Å². The Morgan fingerprint density at radius 1 is 1.50 bits per heavy atom. The summed E-state index contributed by atoms with van der Waals surface area (Å²) in [6.45, 7) is 2.05. The van der Waals surface area contributed by atoms with Crippen LogP contribution in [-0.2, 0) is 0 Å². The van der Waals surface area contributed by atoms with Gasteiger partial charge in [-0.1, -0.05) is 15.9 Å². The monoisotopic (exact) mass is 204 g/mol. The zero-order valence-corrected chi connectivity index (χ0v) is 7.08. The fraction of sp³-hybridized carbons (Fsp3) is 0.250. The predicted molar refractivity (Wildman–Crippen MR) is 45.3 cm³/mol. The fourth-order valence-electron chi connectivity index (χ4n) is 0.502. The Hall–Kier alpha value is -0.500. The van der Waals surface area contributed by atoms with Crippen molar-refractivity contribution in [2.24, 2.45) is 0 Å². The summed E-state index contributed by atoms with van der Waals surface area (Å²) in [4.78, 5) is 0. The molecular weight excluding hydrogens is 192 g/mol. The molecule has 0 aromatic heterocycles. The minimum Gasteiger partial charge on any atom is -0.494 e. The van der Waals surface area contributed by atoms with Gasteiger partial charge < -0.3 is 4.74 Å². The lowest BCUT2D eigenvalue weighted by Gasteiger charge is -2.00. The number of hydrogen-bond acceptors (Lipinski definition) is 1. The molecule has 0 aliphatic carbocycles. The number of ether oxygens (including phenoxy) is 1. The second-order valence-corrected chi connectivity index (χ2v) is 2.37. The summed E-state index contributed by atoms with van der Waals surface area (Å²) >= 11 is 3.00. The molecule has 0 saturated carbocycles. The largest absolute Gasteiger partial charge is 0.494 e. The molecule has 1 rings (SSSR count). The summed E-state index contributed by atoms with van der Waals surface area (Å²) in [5.41, 5.74) is 0. The van der Waals surface area contributed by atoms with Gasteiger partial charge in [-0.15, -0.1) is 0 Å². The van der Waals surface area contributed by atoms with Gasteiger partial charge in [-0.3, -0.25) is 0 Å². The summed E-state index contributed by atoms with van der Waals surface area (Å²) < 4.78 is 35.2. The minimum atomic E-state index is -0.153. The van der Waals surface area contributed by atoms with Gasteiger partial charge in [0.05, 0.1) is 12.1 Å². The molecule has 0 saturated heterocycles. The Bertz CT molecular complexity index is 338. The van der Waals surface area contributed by atoms with Crippen LogP contribution in [0.2, 0.25) is 0 Å². The van der Waals surface area contributed by atoms with Gasteiger partial charge in [-0.25, -0.2) is 0 Å². The Labute approximate surface area is 74.8 Å². The molecule has 2 heteroatoms. The highest BCUT2D eigenvalue weighted by Crippen LogP contribution is 2.15. The Morgan fingerprint density at radius 3 is 2.60 bits per heavy atom. The molecule has 10 heavy (non-hydrogen) atoms. The molecule has 0 heterocycles. The molecule has 0 N–H and O–H groups in total. The van der Waals surface area contributed by atoms with Crippen molar-refractivity contribution in [3.8, 4) is 5.75 Å². The van der Waals surface area contributed by atoms with Crippen molar-refractivity contribution in [1.29, 1.82) is 0 Å². The lowest BCUT2D eigenvalue weighted by Crippen LogP contribution is -1.89. The summed E-state index contributed by atoms with van der Waals surface area (Å²) in [5, 5.41) is 0. The van der Waals surface area contributed by atoms with Gasteiger partial charge in [0.25, 0.3) is 0 Å². The molecule has 54 valence electrons. The highest BCUT2D eigenvalue weighted by Gasteiger charge is 1.88. The second kappa shape index (κ2) is 3.62. The van der Waals surface area contributed by atoms with Crippen LogP contribution in [0.25, 0.3) is 0 Å². The van der Waals surface area contributed by atoms with E-state index in [0.29, 0.717) is 6.61 Å². The standard InChI is InChI=1S/C8H9BrO/c1-2-10-8-5-3-7(9)4-6-8/h3-6H,2H2,1H3/i3D,4D,5D,6D. The maximum atomic E-state index is 7.53. The molecule has 0 radical (unpaired) electrons. The van der Waals surface area contributed by atoms with E-state index in [0.717, 1.165) is 0 Å². The van der Waals surface area contributed by atoms with Crippen molar-refractivity contribution in [3.05, 3.63) is 28.6 Å². The molecule has 0 atom stereocenters. The first kappa shape index (κ1) is 3.77. The molecule has 0 bridgehead atoms. The van der Waals surface area contributed by atoms with Gasteiger partial charge in [-0.05, 0) is 31.1 Å². The van der Waals surface area contributed by atoms with E-state index in [-0.39, 0.29) is 34.4 Å². The average molecular weight is 205 g/mol. The number of halogens is 1. The summed E-state index contributed by atoms with van der Waals surface area (Å²) in [5.74, 6) is 0.00528. The van der Waals surface area contributed by atoms with Crippen molar-refractivity contribution in [1.82, 2.24) is 0 Å². The maximum Gasteiger partial charge on any atom is 0.119 e. The van der Waals surface area contributed by atoms with Gasteiger partial charge in [0, 0.05) is 4.47 Å². The van der Waals surface area contributed by atoms with E-state index in [1.807, 2.05) is 0 Å². The number of rotatable bonds is 2. The Kier molecular flexibility index (Phi) is 1.36. The molecule has 1 nitrogen and oxygen atoms in total. The zero-order chi connectivity index (χ0) is 10.9. The van der Waals surface area contributed by atoms with Crippen LogP contribution in [0.1, 0.15) is 12.4 Å². The van der Waals surface area contributed by atoms with Crippen LogP contribution in [-0.4, -0.2) is 6.61 Å². The third-order valence-electron chi connectivity index (χ3n) is 0.860. The van der Waals surface area contributed by atoms with Gasteiger partial charge in [0.2, 0.25) is 0 Å². The van der Waals surface area contributed by atoms with Crippen LogP contribution in [0.3, 0.4) is 0 Å². The van der Waals surface area contributed by atoms with E-state index in [4.69, 9.17) is 10.2 Å². The van der Waals surface area contributed by atoms with Crippen LogP contribution >= 0.6 is 15.9 Å². The summed E-state index contributed by atoms with van der Waals surface area (Å²) in [6, 6.07) is -0.539. The SMILES string of the molecule is [2H]c1c([2H])c(OCC)c([2H])c([2H])c1Br. The van der Waals surface area contributed by atoms with Crippen LogP contribution in [0, 0.1) is 0 Å². The van der Waals surface area contributed by atoms with Gasteiger partial charge in [0.1, 0.15) is 5.75 Å². The predicted octanol–water partition coefficient (Wildman–Crippen LogP) is 2.85. The van der Waals surface area contributed by atoms with Crippen LogP contribution in [0.4, 0.5) is 0 Å². The number of hydrogen-bond donors (Lipinski definition) is 0.